The Hall–Kier alpha value is -2.93. The third-order valence-electron chi connectivity index (χ3n) is 4.50. The number of carbonyl (C=O) groups is 1. The summed E-state index contributed by atoms with van der Waals surface area (Å²) in [4.78, 5) is 26.7. The van der Waals surface area contributed by atoms with Gasteiger partial charge in [0.15, 0.2) is 11.5 Å². The van der Waals surface area contributed by atoms with Crippen LogP contribution in [0.1, 0.15) is 29.5 Å². The zero-order chi connectivity index (χ0) is 21.7. The molecule has 1 aliphatic rings. The van der Waals surface area contributed by atoms with Gasteiger partial charge in [0.1, 0.15) is 11.9 Å². The van der Waals surface area contributed by atoms with Crippen LogP contribution in [0.15, 0.2) is 17.1 Å². The van der Waals surface area contributed by atoms with Gasteiger partial charge in [0, 0.05) is 18.2 Å². The smallest absolute Gasteiger partial charge is 0.436 e. The fourth-order valence-electron chi connectivity index (χ4n) is 3.12. The molecule has 2 aromatic heterocycles. The molecule has 29 heavy (non-hydrogen) atoms. The molecule has 14 heteroatoms. The summed E-state index contributed by atoms with van der Waals surface area (Å²) in [6.45, 7) is -0.848. The fraction of sp³-hybridized carbons (Fsp3) is 0.467. The monoisotopic (exact) mass is 428 g/mol. The highest BCUT2D eigenvalue weighted by atomic mass is 19.4. The van der Waals surface area contributed by atoms with Crippen molar-refractivity contribution < 1.29 is 40.6 Å². The standard InChI is InChI=1S/C15H11F7N4O3/c16-10-6(1-2-23-11(10)15(20,21)22)5-25-13(29)26-8(12(27)28)3-7(14(17,18)19)4-9(26)24-25/h1-2,7-8H,3-5H2,(H,27,28)/t7?,8-/m0/s1. The summed E-state index contributed by atoms with van der Waals surface area (Å²) in [5, 5.41) is 12.8. The molecule has 2 aromatic rings. The van der Waals surface area contributed by atoms with E-state index in [1.54, 1.807) is 0 Å². The first-order chi connectivity index (χ1) is 13.3. The molecule has 7 nitrogen and oxygen atoms in total. The lowest BCUT2D eigenvalue weighted by Gasteiger charge is -2.28. The Labute approximate surface area is 156 Å². The number of fused-ring (bicyclic) bond motifs is 1. The summed E-state index contributed by atoms with van der Waals surface area (Å²) in [6.07, 6.45) is -10.9. The average Bonchev–Trinajstić information content (AvgIpc) is 2.90. The van der Waals surface area contributed by atoms with E-state index in [0.29, 0.717) is 15.4 Å². The van der Waals surface area contributed by atoms with Gasteiger partial charge in [-0.1, -0.05) is 0 Å². The molecule has 1 aliphatic heterocycles. The molecule has 0 saturated heterocycles. The molecule has 2 atom stereocenters. The van der Waals surface area contributed by atoms with E-state index in [1.807, 2.05) is 0 Å². The summed E-state index contributed by atoms with van der Waals surface area (Å²) in [6, 6.07) is -1.01. The van der Waals surface area contributed by atoms with Gasteiger partial charge in [-0.2, -0.15) is 31.4 Å². The third-order valence-corrected chi connectivity index (χ3v) is 4.50. The van der Waals surface area contributed by atoms with Crippen LogP contribution < -0.4 is 5.69 Å². The van der Waals surface area contributed by atoms with Crippen LogP contribution in [-0.4, -0.2) is 36.6 Å². The number of hydrogen-bond acceptors (Lipinski definition) is 4. The lowest BCUT2D eigenvalue weighted by atomic mass is 9.92. The van der Waals surface area contributed by atoms with E-state index in [4.69, 9.17) is 0 Å². The van der Waals surface area contributed by atoms with E-state index < -0.39 is 78.3 Å². The molecule has 1 N–H and O–H groups in total. The molecule has 3 rings (SSSR count). The zero-order valence-electron chi connectivity index (χ0n) is 14.1. The number of halogens is 7. The summed E-state index contributed by atoms with van der Waals surface area (Å²) >= 11 is 0. The Morgan fingerprint density at radius 1 is 1.24 bits per heavy atom. The molecule has 0 aliphatic carbocycles. The first-order valence-electron chi connectivity index (χ1n) is 7.99. The number of nitrogens with zero attached hydrogens (tertiary/aromatic N) is 4. The Kier molecular flexibility index (Phi) is 4.91. The zero-order valence-corrected chi connectivity index (χ0v) is 14.1. The van der Waals surface area contributed by atoms with Gasteiger partial charge in [-0.3, -0.25) is 4.57 Å². The van der Waals surface area contributed by atoms with Gasteiger partial charge in [-0.25, -0.2) is 23.6 Å². The molecule has 0 fully saturated rings. The van der Waals surface area contributed by atoms with Gasteiger partial charge in [0.05, 0.1) is 12.5 Å². The predicted molar refractivity (Wildman–Crippen MR) is 79.3 cm³/mol. The summed E-state index contributed by atoms with van der Waals surface area (Å²) in [5.74, 6) is -6.03. The summed E-state index contributed by atoms with van der Waals surface area (Å²) in [7, 11) is 0. The van der Waals surface area contributed by atoms with Crippen LogP contribution in [0.2, 0.25) is 0 Å². The molecule has 0 spiro atoms. The Morgan fingerprint density at radius 2 is 1.90 bits per heavy atom. The quantitative estimate of drug-likeness (QED) is 0.759. The molecular weight excluding hydrogens is 417 g/mol. The van der Waals surface area contributed by atoms with Gasteiger partial charge < -0.3 is 5.11 Å². The van der Waals surface area contributed by atoms with Crippen molar-refractivity contribution in [1.82, 2.24) is 19.3 Å². The van der Waals surface area contributed by atoms with Gasteiger partial charge in [0.2, 0.25) is 0 Å². The number of carboxylic acids is 1. The number of alkyl halides is 6. The number of aromatic nitrogens is 4. The third kappa shape index (κ3) is 3.82. The SMILES string of the molecule is O=C(O)[C@@H]1CC(C(F)(F)F)Cc2nn(Cc3ccnc(C(F)(F)F)c3F)c(=O)n21. The maximum atomic E-state index is 14.1. The molecule has 0 aromatic carbocycles. The highest BCUT2D eigenvalue weighted by Crippen LogP contribution is 2.38. The van der Waals surface area contributed by atoms with Crippen molar-refractivity contribution in [3.8, 4) is 0 Å². The Balaban J connectivity index is 2.03. The first-order valence-corrected chi connectivity index (χ1v) is 7.99. The molecule has 0 amide bonds. The second-order valence-corrected chi connectivity index (χ2v) is 6.39. The van der Waals surface area contributed by atoms with Crippen LogP contribution in [0.3, 0.4) is 0 Å². The van der Waals surface area contributed by atoms with Crippen molar-refractivity contribution in [3.63, 3.8) is 0 Å². The number of rotatable bonds is 3. The van der Waals surface area contributed by atoms with Crippen LogP contribution in [0.4, 0.5) is 30.7 Å². The lowest BCUT2D eigenvalue weighted by molar-refractivity contribution is -0.183. The van der Waals surface area contributed by atoms with Gasteiger partial charge in [0.25, 0.3) is 0 Å². The molecule has 0 saturated carbocycles. The van der Waals surface area contributed by atoms with Gasteiger partial charge in [-0.05, 0) is 12.5 Å². The van der Waals surface area contributed by atoms with E-state index in [1.165, 1.54) is 0 Å². The van der Waals surface area contributed by atoms with Crippen molar-refractivity contribution in [2.24, 2.45) is 5.92 Å². The van der Waals surface area contributed by atoms with Gasteiger partial charge >= 0.3 is 24.0 Å². The second kappa shape index (κ2) is 6.84. The van der Waals surface area contributed by atoms with Crippen molar-refractivity contribution in [3.05, 3.63) is 45.6 Å². The largest absolute Gasteiger partial charge is 0.480 e. The van der Waals surface area contributed by atoms with Crippen LogP contribution >= 0.6 is 0 Å². The van der Waals surface area contributed by atoms with Crippen LogP contribution in [0, 0.1) is 11.7 Å². The minimum Gasteiger partial charge on any atom is -0.480 e. The molecule has 158 valence electrons. The van der Waals surface area contributed by atoms with E-state index in [9.17, 15) is 45.4 Å². The van der Waals surface area contributed by atoms with E-state index in [0.717, 1.165) is 6.07 Å². The fourth-order valence-corrected chi connectivity index (χ4v) is 3.12. The topological polar surface area (TPSA) is 90.0 Å². The molecule has 3 heterocycles. The van der Waals surface area contributed by atoms with Crippen LogP contribution in [0.5, 0.6) is 0 Å². The minimum atomic E-state index is -5.10. The number of carboxylic acid groups (broad SMARTS) is 1. The maximum absolute atomic E-state index is 14.1. The first kappa shape index (κ1) is 20.8. The lowest BCUT2D eigenvalue weighted by Crippen LogP contribution is -2.40. The van der Waals surface area contributed by atoms with Gasteiger partial charge in [-0.15, -0.1) is 0 Å². The molecular formula is C15H11F7N4O3. The second-order valence-electron chi connectivity index (χ2n) is 6.39. The summed E-state index contributed by atoms with van der Waals surface area (Å²) in [5.41, 5.74) is -3.63. The Morgan fingerprint density at radius 3 is 2.45 bits per heavy atom. The average molecular weight is 428 g/mol. The Bertz CT molecular complexity index is 1010. The van der Waals surface area contributed by atoms with Crippen molar-refractivity contribution in [1.29, 1.82) is 0 Å². The van der Waals surface area contributed by atoms with Crippen molar-refractivity contribution >= 4 is 5.97 Å². The molecule has 0 bridgehead atoms. The van der Waals surface area contributed by atoms with E-state index in [-0.39, 0.29) is 0 Å². The number of hydrogen-bond donors (Lipinski definition) is 1. The minimum absolute atomic E-state index is 0.433. The van der Waals surface area contributed by atoms with E-state index >= 15 is 0 Å². The molecule has 0 radical (unpaired) electrons. The van der Waals surface area contributed by atoms with Crippen LogP contribution in [0.25, 0.3) is 0 Å². The highest BCUT2D eigenvalue weighted by molar-refractivity contribution is 5.72. The maximum Gasteiger partial charge on any atom is 0.436 e. The van der Waals surface area contributed by atoms with Crippen molar-refractivity contribution in [2.75, 3.05) is 0 Å². The van der Waals surface area contributed by atoms with Crippen LogP contribution in [-0.2, 0) is 23.9 Å². The summed E-state index contributed by atoms with van der Waals surface area (Å²) < 4.78 is 92.6. The van der Waals surface area contributed by atoms with Crippen molar-refractivity contribution in [2.45, 2.75) is 37.8 Å². The van der Waals surface area contributed by atoms with E-state index in [2.05, 4.69) is 10.1 Å². The predicted octanol–water partition coefficient (Wildman–Crippen LogP) is 2.40. The number of pyridine rings is 1. The number of aliphatic carboxylic acids is 1. The highest BCUT2D eigenvalue weighted by Gasteiger charge is 2.47. The normalized spacial score (nSPS) is 19.8. The molecule has 1 unspecified atom stereocenters.